The average Bonchev–Trinajstić information content (AvgIpc) is 2.92. The van der Waals surface area contributed by atoms with Crippen LogP contribution >= 0.6 is 0 Å². The molecular weight excluding hydrogens is 520 g/mol. The predicted octanol–water partition coefficient (Wildman–Crippen LogP) is 6.06. The highest BCUT2D eigenvalue weighted by Gasteiger charge is 2.40. The zero-order valence-corrected chi connectivity index (χ0v) is 26.6. The zero-order chi connectivity index (χ0) is 30.9. The highest BCUT2D eigenvalue weighted by molar-refractivity contribution is 5.80. The van der Waals surface area contributed by atoms with Gasteiger partial charge in [0, 0.05) is 18.8 Å². The average molecular weight is 577 g/mol. The fourth-order valence-corrected chi connectivity index (χ4v) is 6.41. The Labute approximate surface area is 248 Å². The number of cyclic esters (lactones) is 1. The molecule has 7 nitrogen and oxygen atoms in total. The van der Waals surface area contributed by atoms with Crippen molar-refractivity contribution in [3.8, 4) is 0 Å². The molecule has 0 radical (unpaired) electrons. The summed E-state index contributed by atoms with van der Waals surface area (Å²) in [5, 5.41) is 32.7. The van der Waals surface area contributed by atoms with Crippen LogP contribution in [0.3, 0.4) is 0 Å². The first-order valence-corrected chi connectivity index (χ1v) is 15.7. The van der Waals surface area contributed by atoms with E-state index in [9.17, 15) is 24.9 Å². The maximum absolute atomic E-state index is 13.3. The second-order valence-electron chi connectivity index (χ2n) is 13.0. The van der Waals surface area contributed by atoms with Crippen LogP contribution in [0.4, 0.5) is 0 Å². The van der Waals surface area contributed by atoms with Crippen molar-refractivity contribution in [3.05, 3.63) is 35.5 Å². The van der Waals surface area contributed by atoms with E-state index < -0.39 is 42.1 Å². The summed E-state index contributed by atoms with van der Waals surface area (Å²) in [7, 11) is 0. The number of aliphatic hydroxyl groups excluding tert-OH is 2. The van der Waals surface area contributed by atoms with E-state index in [1.54, 1.807) is 13.8 Å². The smallest absolute Gasteiger partial charge is 0.311 e. The molecule has 0 saturated heterocycles. The van der Waals surface area contributed by atoms with Gasteiger partial charge in [-0.1, -0.05) is 65.8 Å². The topological polar surface area (TPSA) is 113 Å². The van der Waals surface area contributed by atoms with Gasteiger partial charge in [0.1, 0.15) is 18.0 Å². The maximum Gasteiger partial charge on any atom is 0.311 e. The van der Waals surface area contributed by atoms with E-state index in [4.69, 9.17) is 9.47 Å². The van der Waals surface area contributed by atoms with E-state index in [2.05, 4.69) is 19.9 Å². The van der Waals surface area contributed by atoms with Crippen LogP contribution in [0, 0.1) is 29.6 Å². The molecule has 0 aromatic carbocycles. The molecule has 2 aliphatic rings. The third kappa shape index (κ3) is 10.8. The quantitative estimate of drug-likeness (QED) is 0.249. The van der Waals surface area contributed by atoms with Crippen molar-refractivity contribution in [2.75, 3.05) is 0 Å². The Kier molecular flexibility index (Phi) is 13.9. The highest BCUT2D eigenvalue weighted by Crippen LogP contribution is 2.35. The number of allylic oxidation sites excluding steroid dienone is 2. The van der Waals surface area contributed by atoms with Gasteiger partial charge >= 0.3 is 5.97 Å². The minimum Gasteiger partial charge on any atom is -0.462 e. The molecular formula is C34H56O7. The predicted molar refractivity (Wildman–Crippen MR) is 162 cm³/mol. The van der Waals surface area contributed by atoms with E-state index >= 15 is 0 Å². The first-order chi connectivity index (χ1) is 19.2. The number of aliphatic hydroxyl groups is 3. The monoisotopic (exact) mass is 576 g/mol. The molecule has 0 spiro atoms. The normalized spacial score (nSPS) is 33.7. The van der Waals surface area contributed by atoms with Gasteiger partial charge in [0.2, 0.25) is 0 Å². The molecule has 10 atom stereocenters. The highest BCUT2D eigenvalue weighted by atomic mass is 16.6. The third-order valence-corrected chi connectivity index (χ3v) is 8.99. The standard InChI is InChI=1S/C34H56O7/c1-9-29(36)27(8)31(38)24(5)19-26(7)32-25(6)18-21(2)14-15-28(35)13-11-10-12-22(3)33-23(4)16-17-34(39,41-33)20-30(37)40-32/h12,14-16,21,24-28,31-33,35,38-39H,9-11,13,17-20H2,1-8H3. The molecule has 0 aliphatic carbocycles. The Morgan fingerprint density at radius 3 is 2.44 bits per heavy atom. The number of fused-ring (bicyclic) bond motifs is 2. The summed E-state index contributed by atoms with van der Waals surface area (Å²) >= 11 is 0. The fraction of sp³-hybridized carbons (Fsp3) is 0.765. The molecule has 0 amide bonds. The lowest BCUT2D eigenvalue weighted by atomic mass is 9.79. The maximum atomic E-state index is 13.3. The van der Waals surface area contributed by atoms with E-state index in [1.165, 1.54) is 0 Å². The fourth-order valence-electron chi connectivity index (χ4n) is 6.41. The van der Waals surface area contributed by atoms with Crippen molar-refractivity contribution in [3.63, 3.8) is 0 Å². The second-order valence-corrected chi connectivity index (χ2v) is 13.0. The number of hydrogen-bond acceptors (Lipinski definition) is 7. The van der Waals surface area contributed by atoms with Gasteiger partial charge in [0.05, 0.1) is 18.6 Å². The minimum absolute atomic E-state index is 0.0225. The lowest BCUT2D eigenvalue weighted by Crippen LogP contribution is -2.44. The summed E-state index contributed by atoms with van der Waals surface area (Å²) in [4.78, 5) is 25.6. The van der Waals surface area contributed by atoms with Crippen molar-refractivity contribution >= 4 is 11.8 Å². The van der Waals surface area contributed by atoms with E-state index in [-0.39, 0.29) is 42.3 Å². The summed E-state index contributed by atoms with van der Waals surface area (Å²) in [6.07, 6.45) is 9.60. The molecule has 41 heavy (non-hydrogen) atoms. The Balaban J connectivity index is 2.31. The van der Waals surface area contributed by atoms with Gasteiger partial charge < -0.3 is 24.8 Å². The SMILES string of the molecule is CCC(=O)C(C)C(O)C(C)CC(C)C1OC(=O)CC2(O)CC=C(C)C(O2)C(C)=CCCCC(O)C=CC(C)CC1C. The van der Waals surface area contributed by atoms with Gasteiger partial charge in [-0.25, -0.2) is 0 Å². The number of esters is 1. The largest absolute Gasteiger partial charge is 0.462 e. The molecule has 2 rings (SSSR count). The van der Waals surface area contributed by atoms with Crippen molar-refractivity contribution < 1.29 is 34.4 Å². The van der Waals surface area contributed by atoms with Gasteiger partial charge in [0.25, 0.3) is 0 Å². The summed E-state index contributed by atoms with van der Waals surface area (Å²) in [6, 6.07) is 0. The Hall–Kier alpha value is -1.80. The lowest BCUT2D eigenvalue weighted by molar-refractivity contribution is -0.229. The second kappa shape index (κ2) is 16.2. The Bertz CT molecular complexity index is 953. The Morgan fingerprint density at radius 2 is 1.78 bits per heavy atom. The van der Waals surface area contributed by atoms with Crippen LogP contribution in [0.2, 0.25) is 0 Å². The third-order valence-electron chi connectivity index (χ3n) is 8.99. The molecule has 0 fully saturated rings. The first kappa shape index (κ1) is 35.4. The van der Waals surface area contributed by atoms with Gasteiger partial charge in [-0.15, -0.1) is 0 Å². The number of Topliss-reactive ketones (excluding diaryl/α,β-unsaturated/α-hetero) is 1. The molecule has 2 heterocycles. The van der Waals surface area contributed by atoms with Crippen molar-refractivity contribution in [2.45, 2.75) is 137 Å². The molecule has 10 unspecified atom stereocenters. The molecule has 7 heteroatoms. The van der Waals surface area contributed by atoms with Crippen molar-refractivity contribution in [1.82, 2.24) is 0 Å². The molecule has 234 valence electrons. The van der Waals surface area contributed by atoms with E-state index in [1.807, 2.05) is 45.9 Å². The first-order valence-electron chi connectivity index (χ1n) is 15.7. The van der Waals surface area contributed by atoms with Gasteiger partial charge in [0.15, 0.2) is 5.79 Å². The summed E-state index contributed by atoms with van der Waals surface area (Å²) in [6.45, 7) is 15.6. The number of hydrogen-bond donors (Lipinski definition) is 3. The minimum atomic E-state index is -1.66. The number of ether oxygens (including phenoxy) is 2. The van der Waals surface area contributed by atoms with Crippen LogP contribution in [0.1, 0.15) is 107 Å². The molecule has 0 aromatic heterocycles. The summed E-state index contributed by atoms with van der Waals surface area (Å²) in [5.74, 6) is -2.75. The summed E-state index contributed by atoms with van der Waals surface area (Å²) in [5.41, 5.74) is 1.96. The van der Waals surface area contributed by atoms with Gasteiger partial charge in [-0.2, -0.15) is 0 Å². The van der Waals surface area contributed by atoms with Crippen LogP contribution in [0.5, 0.6) is 0 Å². The number of ketones is 1. The van der Waals surface area contributed by atoms with Crippen molar-refractivity contribution in [1.29, 1.82) is 0 Å². The van der Waals surface area contributed by atoms with Crippen LogP contribution in [-0.2, 0) is 19.1 Å². The van der Waals surface area contributed by atoms with Gasteiger partial charge in [-0.3, -0.25) is 9.59 Å². The molecule has 3 N–H and O–H groups in total. The van der Waals surface area contributed by atoms with E-state index in [0.717, 1.165) is 30.4 Å². The molecule has 2 aliphatic heterocycles. The van der Waals surface area contributed by atoms with Crippen LogP contribution < -0.4 is 0 Å². The molecule has 2 bridgehead atoms. The molecule has 0 aromatic rings. The number of carbonyl (C=O) groups is 2. The lowest BCUT2D eigenvalue weighted by Gasteiger charge is -2.38. The van der Waals surface area contributed by atoms with Crippen molar-refractivity contribution in [2.24, 2.45) is 29.6 Å². The Morgan fingerprint density at radius 1 is 1.12 bits per heavy atom. The molecule has 0 saturated carbocycles. The number of carbonyl (C=O) groups excluding carboxylic acids is 2. The number of rotatable bonds is 7. The van der Waals surface area contributed by atoms with E-state index in [0.29, 0.717) is 19.3 Å². The zero-order valence-electron chi connectivity index (χ0n) is 26.6. The van der Waals surface area contributed by atoms with Crippen LogP contribution in [-0.4, -0.2) is 57.3 Å². The van der Waals surface area contributed by atoms with Gasteiger partial charge in [-0.05, 0) is 80.8 Å². The van der Waals surface area contributed by atoms with Crippen LogP contribution in [0.25, 0.3) is 0 Å². The summed E-state index contributed by atoms with van der Waals surface area (Å²) < 4.78 is 12.2. The van der Waals surface area contributed by atoms with Crippen LogP contribution in [0.15, 0.2) is 35.5 Å².